The summed E-state index contributed by atoms with van der Waals surface area (Å²) in [5.41, 5.74) is 0.416. The zero-order valence-corrected chi connectivity index (χ0v) is 13.2. The summed E-state index contributed by atoms with van der Waals surface area (Å²) >= 11 is 0. The molecule has 1 aromatic rings. The molecule has 0 bridgehead atoms. The number of aromatic nitrogens is 2. The van der Waals surface area contributed by atoms with Crippen molar-refractivity contribution in [3.8, 4) is 0 Å². The Morgan fingerprint density at radius 1 is 1.43 bits per heavy atom. The zero-order valence-electron chi connectivity index (χ0n) is 13.2. The molecule has 0 spiro atoms. The molecule has 1 aliphatic rings. The highest BCUT2D eigenvalue weighted by molar-refractivity contribution is 5.68. The predicted molar refractivity (Wildman–Crippen MR) is 81.2 cm³/mol. The van der Waals surface area contributed by atoms with E-state index in [4.69, 9.17) is 4.74 Å². The lowest BCUT2D eigenvalue weighted by atomic mass is 10.1. The molecule has 21 heavy (non-hydrogen) atoms. The standard InChI is InChI=1S/C15H24N4O2/c1-11-8-16-9-13(17-11)18-12-6-5-7-19(10-12)14(20)21-15(2,3)4/h8-9,12H,5-7,10H2,1-4H3,(H,17,18)/t12-/m1/s1. The van der Waals surface area contributed by atoms with Crippen LogP contribution in [0, 0.1) is 6.92 Å². The quantitative estimate of drug-likeness (QED) is 0.907. The summed E-state index contributed by atoms with van der Waals surface area (Å²) < 4.78 is 5.43. The van der Waals surface area contributed by atoms with Crippen molar-refractivity contribution in [1.82, 2.24) is 14.9 Å². The topological polar surface area (TPSA) is 67.4 Å². The van der Waals surface area contributed by atoms with Crippen LogP contribution in [-0.2, 0) is 4.74 Å². The number of hydrogen-bond acceptors (Lipinski definition) is 5. The number of nitrogens with one attached hydrogen (secondary N) is 1. The number of piperidine rings is 1. The lowest BCUT2D eigenvalue weighted by Gasteiger charge is -2.34. The first-order valence-electron chi connectivity index (χ1n) is 7.36. The molecule has 2 rings (SSSR count). The molecule has 1 aromatic heterocycles. The van der Waals surface area contributed by atoms with Crippen molar-refractivity contribution < 1.29 is 9.53 Å². The van der Waals surface area contributed by atoms with Crippen LogP contribution in [0.2, 0.25) is 0 Å². The lowest BCUT2D eigenvalue weighted by molar-refractivity contribution is 0.0206. The van der Waals surface area contributed by atoms with Gasteiger partial charge in [0.15, 0.2) is 0 Å². The number of likely N-dealkylation sites (tertiary alicyclic amines) is 1. The summed E-state index contributed by atoms with van der Waals surface area (Å²) in [5, 5.41) is 3.35. The van der Waals surface area contributed by atoms with Crippen molar-refractivity contribution >= 4 is 11.9 Å². The fourth-order valence-electron chi connectivity index (χ4n) is 2.33. The summed E-state index contributed by atoms with van der Waals surface area (Å²) in [6.07, 6.45) is 5.15. The number of anilines is 1. The maximum absolute atomic E-state index is 12.1. The highest BCUT2D eigenvalue weighted by Crippen LogP contribution is 2.17. The molecule has 1 amide bonds. The number of carbonyl (C=O) groups excluding carboxylic acids is 1. The van der Waals surface area contributed by atoms with Gasteiger partial charge in [-0.1, -0.05) is 0 Å². The average Bonchev–Trinajstić information content (AvgIpc) is 2.37. The van der Waals surface area contributed by atoms with Crippen LogP contribution in [0.25, 0.3) is 0 Å². The van der Waals surface area contributed by atoms with E-state index in [1.807, 2.05) is 27.7 Å². The van der Waals surface area contributed by atoms with E-state index in [1.54, 1.807) is 17.3 Å². The Morgan fingerprint density at radius 3 is 2.86 bits per heavy atom. The monoisotopic (exact) mass is 292 g/mol. The minimum absolute atomic E-state index is 0.183. The first-order chi connectivity index (χ1) is 9.83. The van der Waals surface area contributed by atoms with E-state index in [2.05, 4.69) is 15.3 Å². The van der Waals surface area contributed by atoms with Crippen molar-refractivity contribution in [1.29, 1.82) is 0 Å². The van der Waals surface area contributed by atoms with Crippen LogP contribution in [0.3, 0.4) is 0 Å². The fraction of sp³-hybridized carbons (Fsp3) is 0.667. The van der Waals surface area contributed by atoms with Gasteiger partial charge in [-0.25, -0.2) is 9.78 Å². The highest BCUT2D eigenvalue weighted by atomic mass is 16.6. The molecule has 6 nitrogen and oxygen atoms in total. The van der Waals surface area contributed by atoms with Gasteiger partial charge in [0.25, 0.3) is 0 Å². The van der Waals surface area contributed by atoms with E-state index in [0.29, 0.717) is 6.54 Å². The number of aryl methyl sites for hydroxylation is 1. The molecule has 116 valence electrons. The number of amides is 1. The molecule has 1 aliphatic heterocycles. The number of hydrogen-bond donors (Lipinski definition) is 1. The van der Waals surface area contributed by atoms with E-state index in [-0.39, 0.29) is 12.1 Å². The number of nitrogens with zero attached hydrogens (tertiary/aromatic N) is 3. The Balaban J connectivity index is 1.93. The van der Waals surface area contributed by atoms with Gasteiger partial charge in [0.1, 0.15) is 11.4 Å². The minimum atomic E-state index is -0.459. The second-order valence-electron chi connectivity index (χ2n) is 6.46. The van der Waals surface area contributed by atoms with E-state index >= 15 is 0 Å². The Labute approximate surface area is 125 Å². The Morgan fingerprint density at radius 2 is 2.19 bits per heavy atom. The molecule has 2 heterocycles. The van der Waals surface area contributed by atoms with Gasteiger partial charge in [0.05, 0.1) is 11.9 Å². The third-order valence-electron chi connectivity index (χ3n) is 3.18. The first-order valence-corrected chi connectivity index (χ1v) is 7.36. The van der Waals surface area contributed by atoms with Crippen LogP contribution in [0.1, 0.15) is 39.3 Å². The van der Waals surface area contributed by atoms with Crippen molar-refractivity contribution in [2.45, 2.75) is 52.2 Å². The highest BCUT2D eigenvalue weighted by Gasteiger charge is 2.27. The van der Waals surface area contributed by atoms with E-state index < -0.39 is 5.60 Å². The van der Waals surface area contributed by atoms with Gasteiger partial charge in [-0.15, -0.1) is 0 Å². The Kier molecular flexibility index (Phi) is 4.65. The van der Waals surface area contributed by atoms with Gasteiger partial charge in [-0.2, -0.15) is 0 Å². The maximum atomic E-state index is 12.1. The maximum Gasteiger partial charge on any atom is 0.410 e. The fourth-order valence-corrected chi connectivity index (χ4v) is 2.33. The molecule has 0 unspecified atom stereocenters. The van der Waals surface area contributed by atoms with Gasteiger partial charge in [0.2, 0.25) is 0 Å². The van der Waals surface area contributed by atoms with Crippen molar-refractivity contribution in [3.63, 3.8) is 0 Å². The predicted octanol–water partition coefficient (Wildman–Crippen LogP) is 2.60. The third-order valence-corrected chi connectivity index (χ3v) is 3.18. The average molecular weight is 292 g/mol. The number of carbonyl (C=O) groups is 1. The van der Waals surface area contributed by atoms with Crippen LogP contribution in [0.5, 0.6) is 0 Å². The Bertz CT molecular complexity index is 499. The van der Waals surface area contributed by atoms with Crippen LogP contribution in [-0.4, -0.2) is 45.7 Å². The van der Waals surface area contributed by atoms with Gasteiger partial charge >= 0.3 is 6.09 Å². The normalized spacial score (nSPS) is 19.2. The van der Waals surface area contributed by atoms with E-state index in [9.17, 15) is 4.79 Å². The van der Waals surface area contributed by atoms with Crippen LogP contribution < -0.4 is 5.32 Å². The number of ether oxygens (including phenoxy) is 1. The molecule has 1 saturated heterocycles. The smallest absolute Gasteiger partial charge is 0.410 e. The van der Waals surface area contributed by atoms with Gasteiger partial charge in [-0.05, 0) is 40.5 Å². The van der Waals surface area contributed by atoms with Crippen LogP contribution in [0.15, 0.2) is 12.4 Å². The summed E-state index contributed by atoms with van der Waals surface area (Å²) in [4.78, 5) is 22.4. The van der Waals surface area contributed by atoms with E-state index in [1.165, 1.54) is 0 Å². The van der Waals surface area contributed by atoms with E-state index in [0.717, 1.165) is 30.9 Å². The minimum Gasteiger partial charge on any atom is -0.444 e. The lowest BCUT2D eigenvalue weighted by Crippen LogP contribution is -2.47. The SMILES string of the molecule is Cc1cncc(N[C@@H]2CCCN(C(=O)OC(C)(C)C)C2)n1. The second kappa shape index (κ2) is 6.28. The van der Waals surface area contributed by atoms with Gasteiger partial charge in [0, 0.05) is 25.3 Å². The molecular formula is C15H24N4O2. The summed E-state index contributed by atoms with van der Waals surface area (Å²) in [6.45, 7) is 8.93. The molecule has 1 fully saturated rings. The van der Waals surface area contributed by atoms with Crippen molar-refractivity contribution in [2.24, 2.45) is 0 Å². The number of rotatable bonds is 2. The first kappa shape index (κ1) is 15.5. The molecule has 1 N–H and O–H groups in total. The molecule has 6 heteroatoms. The molecule has 1 atom stereocenters. The molecule has 0 radical (unpaired) electrons. The summed E-state index contributed by atoms with van der Waals surface area (Å²) in [7, 11) is 0. The molecule has 0 saturated carbocycles. The largest absolute Gasteiger partial charge is 0.444 e. The van der Waals surface area contributed by atoms with Gasteiger partial charge < -0.3 is 15.0 Å². The van der Waals surface area contributed by atoms with Crippen molar-refractivity contribution in [3.05, 3.63) is 18.1 Å². The third kappa shape index (κ3) is 4.88. The zero-order chi connectivity index (χ0) is 15.5. The van der Waals surface area contributed by atoms with Crippen molar-refractivity contribution in [2.75, 3.05) is 18.4 Å². The molecule has 0 aliphatic carbocycles. The molecular weight excluding hydrogens is 268 g/mol. The summed E-state index contributed by atoms with van der Waals surface area (Å²) in [5.74, 6) is 0.756. The Hall–Kier alpha value is -1.85. The van der Waals surface area contributed by atoms with Gasteiger partial charge in [-0.3, -0.25) is 4.98 Å². The summed E-state index contributed by atoms with van der Waals surface area (Å²) in [6, 6.07) is 0.183. The van der Waals surface area contributed by atoms with Crippen LogP contribution in [0.4, 0.5) is 10.6 Å². The molecule has 0 aromatic carbocycles. The second-order valence-corrected chi connectivity index (χ2v) is 6.46. The van der Waals surface area contributed by atoms with Crippen LogP contribution >= 0.6 is 0 Å².